The highest BCUT2D eigenvalue weighted by atomic mass is 32.1. The molecule has 0 spiro atoms. The van der Waals surface area contributed by atoms with Crippen molar-refractivity contribution in [3.05, 3.63) is 17.7 Å². The molecule has 6 nitrogen and oxygen atoms in total. The number of hydrogen-bond donors (Lipinski definition) is 1. The maximum Gasteiger partial charge on any atom is 0.203 e. The molecule has 1 atom stereocenters. The molecule has 1 aromatic carbocycles. The second-order valence-electron chi connectivity index (χ2n) is 8.15. The summed E-state index contributed by atoms with van der Waals surface area (Å²) < 4.78 is 22.6. The molecule has 0 unspecified atom stereocenters. The van der Waals surface area contributed by atoms with E-state index in [0.717, 1.165) is 36.7 Å². The van der Waals surface area contributed by atoms with E-state index in [2.05, 4.69) is 10.2 Å². The van der Waals surface area contributed by atoms with Gasteiger partial charge in [-0.25, -0.2) is 0 Å². The number of rotatable bonds is 8. The lowest BCUT2D eigenvalue weighted by atomic mass is 10.1. The molecule has 2 aliphatic rings. The number of methoxy groups -OCH3 is 3. The van der Waals surface area contributed by atoms with Crippen LogP contribution in [0, 0.1) is 0 Å². The Balaban J connectivity index is 1.78. The maximum absolute atomic E-state index is 5.91. The van der Waals surface area contributed by atoms with Crippen LogP contribution in [0.4, 0.5) is 0 Å². The van der Waals surface area contributed by atoms with Gasteiger partial charge in [0.15, 0.2) is 16.6 Å². The molecule has 1 aliphatic heterocycles. The number of hydrogen-bond acceptors (Lipinski definition) is 5. The Hall–Kier alpha value is -1.73. The Morgan fingerprint density at radius 1 is 1.00 bits per heavy atom. The van der Waals surface area contributed by atoms with Crippen LogP contribution in [0.25, 0.3) is 0 Å². The van der Waals surface area contributed by atoms with E-state index in [0.29, 0.717) is 29.8 Å². The van der Waals surface area contributed by atoms with Crippen molar-refractivity contribution in [2.24, 2.45) is 0 Å². The van der Waals surface area contributed by atoms with Gasteiger partial charge in [-0.15, -0.1) is 0 Å². The molecule has 0 radical (unpaired) electrons. The van der Waals surface area contributed by atoms with Crippen molar-refractivity contribution in [3.63, 3.8) is 0 Å². The molecule has 1 aliphatic carbocycles. The van der Waals surface area contributed by atoms with Crippen molar-refractivity contribution in [2.45, 2.75) is 70.1 Å². The summed E-state index contributed by atoms with van der Waals surface area (Å²) in [6, 6.07) is 4.40. The van der Waals surface area contributed by atoms with Crippen LogP contribution in [0.5, 0.6) is 17.2 Å². The quantitative estimate of drug-likeness (QED) is 0.482. The first-order chi connectivity index (χ1) is 14.7. The van der Waals surface area contributed by atoms with Crippen molar-refractivity contribution in [1.82, 2.24) is 10.2 Å². The summed E-state index contributed by atoms with van der Waals surface area (Å²) in [5.41, 5.74) is 1.01. The first-order valence-electron chi connectivity index (χ1n) is 11.1. The zero-order valence-electron chi connectivity index (χ0n) is 18.6. The van der Waals surface area contributed by atoms with Gasteiger partial charge in [-0.3, -0.25) is 0 Å². The zero-order chi connectivity index (χ0) is 21.3. The normalized spacial score (nSPS) is 19.8. The third-order valence-corrected chi connectivity index (χ3v) is 6.44. The second kappa shape index (κ2) is 11.6. The Kier molecular flexibility index (Phi) is 8.88. The van der Waals surface area contributed by atoms with Gasteiger partial charge in [-0.2, -0.15) is 0 Å². The molecule has 1 saturated heterocycles. The Labute approximate surface area is 186 Å². The molecule has 3 rings (SSSR count). The van der Waals surface area contributed by atoms with Crippen molar-refractivity contribution >= 4 is 17.3 Å². The molecule has 168 valence electrons. The third-order valence-electron chi connectivity index (χ3n) is 6.06. The number of nitrogens with zero attached hydrogens (tertiary/aromatic N) is 1. The monoisotopic (exact) mass is 436 g/mol. The molecule has 1 saturated carbocycles. The smallest absolute Gasteiger partial charge is 0.203 e. The molecule has 2 fully saturated rings. The van der Waals surface area contributed by atoms with Crippen LogP contribution in [-0.2, 0) is 11.3 Å². The van der Waals surface area contributed by atoms with E-state index in [9.17, 15) is 0 Å². The van der Waals surface area contributed by atoms with Gasteiger partial charge in [0.1, 0.15) is 0 Å². The highest BCUT2D eigenvalue weighted by molar-refractivity contribution is 7.80. The summed E-state index contributed by atoms with van der Waals surface area (Å²) in [6.45, 7) is 2.24. The fourth-order valence-corrected chi connectivity index (χ4v) is 4.74. The Morgan fingerprint density at radius 2 is 1.73 bits per heavy atom. The van der Waals surface area contributed by atoms with E-state index in [1.54, 1.807) is 21.3 Å². The van der Waals surface area contributed by atoms with Gasteiger partial charge in [-0.1, -0.05) is 25.7 Å². The fourth-order valence-electron chi connectivity index (χ4n) is 4.44. The summed E-state index contributed by atoms with van der Waals surface area (Å²) in [4.78, 5) is 2.22. The molecule has 1 aromatic rings. The van der Waals surface area contributed by atoms with Gasteiger partial charge in [0.2, 0.25) is 5.75 Å². The predicted octanol–water partition coefficient (Wildman–Crippen LogP) is 4.29. The minimum atomic E-state index is 0.213. The Bertz CT molecular complexity index is 686. The highest BCUT2D eigenvalue weighted by Crippen LogP contribution is 2.40. The van der Waals surface area contributed by atoms with Crippen LogP contribution in [0.2, 0.25) is 0 Å². The van der Waals surface area contributed by atoms with Crippen LogP contribution < -0.4 is 19.5 Å². The van der Waals surface area contributed by atoms with Gasteiger partial charge in [0.25, 0.3) is 0 Å². The van der Waals surface area contributed by atoms with Crippen molar-refractivity contribution in [1.29, 1.82) is 0 Å². The van der Waals surface area contributed by atoms with Gasteiger partial charge >= 0.3 is 0 Å². The molecule has 0 bridgehead atoms. The van der Waals surface area contributed by atoms with E-state index >= 15 is 0 Å². The maximum atomic E-state index is 5.91. The standard InChI is InChI=1S/C23H36N2O4S/c1-26-20-13-12-17(21(27-2)22(20)28-3)15-25(16-19-11-8-14-29-19)23(30)24-18-9-6-4-5-7-10-18/h12-13,18-19H,4-11,14-16H2,1-3H3,(H,24,30)/t19-/m1/s1. The van der Waals surface area contributed by atoms with Crippen LogP contribution in [0.1, 0.15) is 56.9 Å². The Morgan fingerprint density at radius 3 is 2.33 bits per heavy atom. The predicted molar refractivity (Wildman–Crippen MR) is 123 cm³/mol. The number of nitrogens with one attached hydrogen (secondary N) is 1. The highest BCUT2D eigenvalue weighted by Gasteiger charge is 2.25. The fraction of sp³-hybridized carbons (Fsp3) is 0.696. The molecule has 7 heteroatoms. The first-order valence-corrected chi connectivity index (χ1v) is 11.5. The van der Waals surface area contributed by atoms with Crippen LogP contribution >= 0.6 is 12.2 Å². The van der Waals surface area contributed by atoms with Crippen molar-refractivity contribution in [3.8, 4) is 17.2 Å². The molecular weight excluding hydrogens is 400 g/mol. The molecule has 1 N–H and O–H groups in total. The molecule has 1 heterocycles. The van der Waals surface area contributed by atoms with E-state index in [1.807, 2.05) is 12.1 Å². The lowest BCUT2D eigenvalue weighted by molar-refractivity contribution is 0.0893. The average molecular weight is 437 g/mol. The van der Waals surface area contributed by atoms with Crippen LogP contribution in [-0.4, -0.2) is 56.6 Å². The van der Waals surface area contributed by atoms with Crippen LogP contribution in [0.15, 0.2) is 12.1 Å². The van der Waals surface area contributed by atoms with E-state index in [-0.39, 0.29) is 6.10 Å². The lowest BCUT2D eigenvalue weighted by Gasteiger charge is -2.31. The topological polar surface area (TPSA) is 52.2 Å². The van der Waals surface area contributed by atoms with Gasteiger partial charge in [0.05, 0.1) is 27.4 Å². The second-order valence-corrected chi connectivity index (χ2v) is 8.53. The molecule has 0 aromatic heterocycles. The van der Waals surface area contributed by atoms with E-state index in [4.69, 9.17) is 31.2 Å². The number of benzene rings is 1. The molecule has 30 heavy (non-hydrogen) atoms. The molecular formula is C23H36N2O4S. The number of thiocarbonyl (C=S) groups is 1. The van der Waals surface area contributed by atoms with Crippen molar-refractivity contribution in [2.75, 3.05) is 34.5 Å². The lowest BCUT2D eigenvalue weighted by Crippen LogP contribution is -2.46. The first kappa shape index (κ1) is 22.9. The minimum absolute atomic E-state index is 0.213. The van der Waals surface area contributed by atoms with E-state index < -0.39 is 0 Å². The summed E-state index contributed by atoms with van der Waals surface area (Å²) in [5.74, 6) is 1.95. The third kappa shape index (κ3) is 5.91. The number of ether oxygens (including phenoxy) is 4. The van der Waals surface area contributed by atoms with Gasteiger partial charge in [0, 0.05) is 31.3 Å². The SMILES string of the molecule is COc1ccc(CN(C[C@H]2CCCO2)C(=S)NC2CCCCCC2)c(OC)c1OC. The zero-order valence-corrected chi connectivity index (χ0v) is 19.4. The van der Waals surface area contributed by atoms with Gasteiger partial charge < -0.3 is 29.2 Å². The van der Waals surface area contributed by atoms with E-state index in [1.165, 1.54) is 38.5 Å². The summed E-state index contributed by atoms with van der Waals surface area (Å²) in [5, 5.41) is 4.45. The summed E-state index contributed by atoms with van der Waals surface area (Å²) in [7, 11) is 4.92. The van der Waals surface area contributed by atoms with Gasteiger partial charge in [-0.05, 0) is 50.0 Å². The summed E-state index contributed by atoms with van der Waals surface area (Å²) in [6.07, 6.45) is 9.98. The average Bonchev–Trinajstić information content (AvgIpc) is 3.14. The summed E-state index contributed by atoms with van der Waals surface area (Å²) >= 11 is 5.89. The van der Waals surface area contributed by atoms with Crippen molar-refractivity contribution < 1.29 is 18.9 Å². The largest absolute Gasteiger partial charge is 0.493 e. The minimum Gasteiger partial charge on any atom is -0.493 e. The van der Waals surface area contributed by atoms with Crippen LogP contribution in [0.3, 0.4) is 0 Å². The molecule has 0 amide bonds.